The molecule has 0 heterocycles. The van der Waals surface area contributed by atoms with E-state index in [4.69, 9.17) is 0 Å². The van der Waals surface area contributed by atoms with Gasteiger partial charge in [-0.25, -0.2) is 0 Å². The van der Waals surface area contributed by atoms with Crippen LogP contribution >= 0.6 is 0 Å². The van der Waals surface area contributed by atoms with Crippen molar-refractivity contribution < 1.29 is 5.11 Å². The molecule has 0 aliphatic carbocycles. The minimum absolute atomic E-state index is 0.114. The molecular weight excluding hydrogens is 508 g/mol. The molecule has 1 nitrogen and oxygen atoms in total. The normalized spacial score (nSPS) is 11.7. The second-order valence-electron chi connectivity index (χ2n) is 14.2. The van der Waals surface area contributed by atoms with Gasteiger partial charge in [-0.1, -0.05) is 165 Å². The van der Waals surface area contributed by atoms with Crippen LogP contribution in [0.4, 0.5) is 0 Å². The molecule has 0 aliphatic heterocycles. The molecule has 0 saturated heterocycles. The zero-order chi connectivity index (χ0) is 31.1. The number of phenolic OH excluding ortho intramolecular Hbond substituents is 1. The molecule has 1 heteroatoms. The zero-order valence-corrected chi connectivity index (χ0v) is 27.4. The Morgan fingerprint density at radius 1 is 0.452 bits per heavy atom. The molecule has 42 heavy (non-hydrogen) atoms. The van der Waals surface area contributed by atoms with Crippen LogP contribution in [-0.4, -0.2) is 5.11 Å². The van der Waals surface area contributed by atoms with Crippen molar-refractivity contribution in [1.29, 1.82) is 0 Å². The lowest BCUT2D eigenvalue weighted by molar-refractivity contribution is 0.470. The van der Waals surface area contributed by atoms with Crippen LogP contribution < -0.4 is 0 Å². The molecule has 0 radical (unpaired) electrons. The number of rotatable bonds is 1. The number of benzene rings is 5. The Morgan fingerprint density at radius 3 is 1.52 bits per heavy atom. The number of fused-ring (bicyclic) bond motifs is 1. The van der Waals surface area contributed by atoms with Crippen LogP contribution in [0.5, 0.6) is 5.75 Å². The Kier molecular flexibility index (Phi) is 10.4. The molecule has 0 aromatic heterocycles. The Bertz CT molecular complexity index is 1550. The van der Waals surface area contributed by atoms with Crippen molar-refractivity contribution in [1.82, 2.24) is 0 Å². The summed E-state index contributed by atoms with van der Waals surface area (Å²) in [6.07, 6.45) is 0. The van der Waals surface area contributed by atoms with E-state index in [1.54, 1.807) is 6.07 Å². The highest BCUT2D eigenvalue weighted by Crippen LogP contribution is 2.30. The van der Waals surface area contributed by atoms with Crippen LogP contribution in [0.25, 0.3) is 21.9 Å². The number of hydrogen-bond acceptors (Lipinski definition) is 1. The third-order valence-corrected chi connectivity index (χ3v) is 7.48. The predicted molar refractivity (Wildman–Crippen MR) is 185 cm³/mol. The quantitative estimate of drug-likeness (QED) is 0.217. The van der Waals surface area contributed by atoms with Crippen molar-refractivity contribution in [3.63, 3.8) is 0 Å². The van der Waals surface area contributed by atoms with Gasteiger partial charge in [-0.05, 0) is 79.5 Å². The molecule has 0 saturated carbocycles. The summed E-state index contributed by atoms with van der Waals surface area (Å²) in [6, 6.07) is 40.0. The molecule has 0 unspecified atom stereocenters. The maximum absolute atomic E-state index is 9.30. The van der Waals surface area contributed by atoms with E-state index in [2.05, 4.69) is 160 Å². The van der Waals surface area contributed by atoms with Gasteiger partial charge in [0.2, 0.25) is 0 Å². The highest BCUT2D eigenvalue weighted by atomic mass is 16.3. The van der Waals surface area contributed by atoms with Gasteiger partial charge in [-0.15, -0.1) is 0 Å². The van der Waals surface area contributed by atoms with Crippen molar-refractivity contribution >= 4 is 10.8 Å². The summed E-state index contributed by atoms with van der Waals surface area (Å²) in [5.41, 5.74) is 8.39. The van der Waals surface area contributed by atoms with E-state index < -0.39 is 0 Å². The Labute approximate surface area is 255 Å². The summed E-state index contributed by atoms with van der Waals surface area (Å²) in [6.45, 7) is 22.0. The van der Waals surface area contributed by atoms with Gasteiger partial charge in [0, 0.05) is 0 Å². The first-order chi connectivity index (χ1) is 19.6. The lowest BCUT2D eigenvalue weighted by Gasteiger charge is -2.21. The second kappa shape index (κ2) is 13.4. The summed E-state index contributed by atoms with van der Waals surface area (Å²) in [5.74, 6) is 0.352. The molecule has 0 atom stereocenters. The first-order valence-corrected chi connectivity index (χ1v) is 15.0. The second-order valence-corrected chi connectivity index (χ2v) is 14.2. The van der Waals surface area contributed by atoms with Gasteiger partial charge in [0.15, 0.2) is 0 Å². The van der Waals surface area contributed by atoms with Crippen molar-refractivity contribution in [2.75, 3.05) is 0 Å². The van der Waals surface area contributed by atoms with Gasteiger partial charge in [0.1, 0.15) is 5.75 Å². The van der Waals surface area contributed by atoms with Crippen LogP contribution in [0.2, 0.25) is 0 Å². The van der Waals surface area contributed by atoms with Crippen LogP contribution in [0.3, 0.4) is 0 Å². The monoisotopic (exact) mass is 558 g/mol. The fourth-order valence-corrected chi connectivity index (χ4v) is 5.09. The van der Waals surface area contributed by atoms with Crippen molar-refractivity contribution in [2.45, 2.75) is 85.5 Å². The lowest BCUT2D eigenvalue weighted by Crippen LogP contribution is -2.12. The number of hydrogen-bond donors (Lipinski definition) is 1. The van der Waals surface area contributed by atoms with Gasteiger partial charge in [0.05, 0.1) is 0 Å². The molecule has 0 amide bonds. The summed E-state index contributed by atoms with van der Waals surface area (Å²) >= 11 is 0. The van der Waals surface area contributed by atoms with Crippen molar-refractivity contribution in [3.05, 3.63) is 138 Å². The molecule has 5 aromatic carbocycles. The average molecular weight is 559 g/mol. The SMILES string of the molecule is CC(C)(C)c1ccc(-c2ccccc2)cc1.CC(C)(C)c1cccc2ccccc12.Cc1ccc(O)cc1C(C)(C)C. The minimum atomic E-state index is 0.114. The molecule has 220 valence electrons. The Hall–Kier alpha value is -3.84. The van der Waals surface area contributed by atoms with Crippen LogP contribution in [0, 0.1) is 6.92 Å². The van der Waals surface area contributed by atoms with E-state index in [0.717, 1.165) is 0 Å². The summed E-state index contributed by atoms with van der Waals surface area (Å²) in [7, 11) is 0. The molecule has 5 rings (SSSR count). The van der Waals surface area contributed by atoms with E-state index in [1.165, 1.54) is 44.2 Å². The van der Waals surface area contributed by atoms with Gasteiger partial charge in [-0.2, -0.15) is 0 Å². The van der Waals surface area contributed by atoms with Crippen LogP contribution in [0.15, 0.2) is 115 Å². The van der Waals surface area contributed by atoms with Gasteiger partial charge in [-0.3, -0.25) is 0 Å². The predicted octanol–water partition coefficient (Wildman–Crippen LogP) is 11.8. The number of phenols is 1. The third kappa shape index (κ3) is 9.08. The summed E-state index contributed by atoms with van der Waals surface area (Å²) in [5, 5.41) is 12.0. The first-order valence-electron chi connectivity index (χ1n) is 15.0. The van der Waals surface area contributed by atoms with E-state index in [-0.39, 0.29) is 16.2 Å². The van der Waals surface area contributed by atoms with Crippen LogP contribution in [0.1, 0.15) is 84.6 Å². The van der Waals surface area contributed by atoms with Gasteiger partial charge >= 0.3 is 0 Å². The fourth-order valence-electron chi connectivity index (χ4n) is 5.09. The third-order valence-electron chi connectivity index (χ3n) is 7.48. The zero-order valence-electron chi connectivity index (χ0n) is 27.4. The van der Waals surface area contributed by atoms with E-state index in [9.17, 15) is 5.11 Å². The maximum Gasteiger partial charge on any atom is 0.115 e. The lowest BCUT2D eigenvalue weighted by atomic mass is 9.84. The van der Waals surface area contributed by atoms with Crippen LogP contribution in [-0.2, 0) is 16.2 Å². The number of aryl methyl sites for hydroxylation is 1. The largest absolute Gasteiger partial charge is 0.508 e. The Morgan fingerprint density at radius 2 is 0.976 bits per heavy atom. The van der Waals surface area contributed by atoms with Gasteiger partial charge in [0.25, 0.3) is 0 Å². The van der Waals surface area contributed by atoms with E-state index in [1.807, 2.05) is 18.2 Å². The molecule has 0 aliphatic rings. The van der Waals surface area contributed by atoms with Gasteiger partial charge < -0.3 is 5.11 Å². The molecule has 0 spiro atoms. The topological polar surface area (TPSA) is 20.2 Å². The highest BCUT2D eigenvalue weighted by molar-refractivity contribution is 5.86. The highest BCUT2D eigenvalue weighted by Gasteiger charge is 2.17. The summed E-state index contributed by atoms with van der Waals surface area (Å²) < 4.78 is 0. The molecule has 5 aromatic rings. The molecule has 0 bridgehead atoms. The van der Waals surface area contributed by atoms with Crippen molar-refractivity contribution in [2.24, 2.45) is 0 Å². The minimum Gasteiger partial charge on any atom is -0.508 e. The molecule has 1 N–H and O–H groups in total. The van der Waals surface area contributed by atoms with E-state index >= 15 is 0 Å². The fraction of sp³-hybridized carbons (Fsp3) is 0.317. The summed E-state index contributed by atoms with van der Waals surface area (Å²) in [4.78, 5) is 0. The standard InChI is InChI=1S/C16H18.C14H16.C11H16O/c1-16(2,3)15-11-9-14(10-12-15)13-7-5-4-6-8-13;1-14(2,3)13-10-6-8-11-7-4-5-9-12(11)13;1-8-5-6-9(12)7-10(8)11(2,3)4/h4-12H,1-3H3;4-10H,1-3H3;5-7,12H,1-4H3. The van der Waals surface area contributed by atoms with Crippen molar-refractivity contribution in [3.8, 4) is 16.9 Å². The molecule has 0 fully saturated rings. The average Bonchev–Trinajstić information content (AvgIpc) is 2.94. The molecular formula is C41H50O. The first kappa shape index (κ1) is 32.7. The van der Waals surface area contributed by atoms with E-state index in [0.29, 0.717) is 5.75 Å². The maximum atomic E-state index is 9.30. The smallest absolute Gasteiger partial charge is 0.115 e. The Balaban J connectivity index is 0.000000175. The number of aromatic hydroxyl groups is 1.